The molecule has 1 heterocycles. The molecule has 3 heteroatoms. The van der Waals surface area contributed by atoms with E-state index >= 15 is 0 Å². The van der Waals surface area contributed by atoms with Crippen LogP contribution >= 0.6 is 0 Å². The van der Waals surface area contributed by atoms with Crippen molar-refractivity contribution in [2.45, 2.75) is 13.3 Å². The van der Waals surface area contributed by atoms with Crippen LogP contribution in [0.5, 0.6) is 0 Å². The molecule has 0 unspecified atom stereocenters. The van der Waals surface area contributed by atoms with Crippen molar-refractivity contribution in [3.8, 4) is 0 Å². The van der Waals surface area contributed by atoms with E-state index in [9.17, 15) is 9.59 Å². The van der Waals surface area contributed by atoms with Gasteiger partial charge in [-0.15, -0.1) is 0 Å². The van der Waals surface area contributed by atoms with Crippen LogP contribution in [0.2, 0.25) is 0 Å². The minimum Gasteiger partial charge on any atom is -0.361 e. The van der Waals surface area contributed by atoms with Crippen molar-refractivity contribution in [3.63, 3.8) is 0 Å². The van der Waals surface area contributed by atoms with E-state index in [-0.39, 0.29) is 18.0 Å². The van der Waals surface area contributed by atoms with Crippen LogP contribution in [0.3, 0.4) is 0 Å². The fraction of sp³-hybridized carbons (Fsp3) is 0.143. The summed E-state index contributed by atoms with van der Waals surface area (Å²) in [5.41, 5.74) is 2.01. The Kier molecular flexibility index (Phi) is 3.19. The highest BCUT2D eigenvalue weighted by molar-refractivity contribution is 6.06. The number of ketones is 2. The van der Waals surface area contributed by atoms with Gasteiger partial charge in [-0.05, 0) is 30.7 Å². The third-order valence-corrected chi connectivity index (χ3v) is 2.50. The van der Waals surface area contributed by atoms with E-state index in [1.165, 1.54) is 13.0 Å². The summed E-state index contributed by atoms with van der Waals surface area (Å²) in [6, 6.07) is 7.80. The zero-order valence-corrected chi connectivity index (χ0v) is 9.57. The highest BCUT2D eigenvalue weighted by Gasteiger charge is 2.02. The second-order valence-electron chi connectivity index (χ2n) is 3.96. The van der Waals surface area contributed by atoms with Crippen molar-refractivity contribution in [1.82, 2.24) is 4.98 Å². The maximum absolute atomic E-state index is 11.4. The predicted molar refractivity (Wildman–Crippen MR) is 67.6 cm³/mol. The van der Waals surface area contributed by atoms with E-state index in [2.05, 4.69) is 4.98 Å². The lowest BCUT2D eigenvalue weighted by Crippen LogP contribution is -1.99. The van der Waals surface area contributed by atoms with Crippen LogP contribution in [-0.2, 0) is 9.59 Å². The predicted octanol–water partition coefficient (Wildman–Crippen LogP) is 2.73. The Balaban J connectivity index is 2.23. The molecule has 1 N–H and O–H groups in total. The largest absolute Gasteiger partial charge is 0.361 e. The molecule has 0 amide bonds. The summed E-state index contributed by atoms with van der Waals surface area (Å²) in [6.07, 6.45) is 5.05. The maximum atomic E-state index is 11.4. The molecule has 0 bridgehead atoms. The van der Waals surface area contributed by atoms with Gasteiger partial charge >= 0.3 is 0 Å². The number of benzene rings is 1. The summed E-state index contributed by atoms with van der Waals surface area (Å²) in [4.78, 5) is 25.3. The van der Waals surface area contributed by atoms with Gasteiger partial charge in [0.1, 0.15) is 5.78 Å². The van der Waals surface area contributed by atoms with Gasteiger partial charge in [-0.25, -0.2) is 0 Å². The summed E-state index contributed by atoms with van der Waals surface area (Å²) in [6.45, 7) is 1.42. The van der Waals surface area contributed by atoms with Crippen molar-refractivity contribution in [2.75, 3.05) is 0 Å². The van der Waals surface area contributed by atoms with E-state index in [4.69, 9.17) is 0 Å². The van der Waals surface area contributed by atoms with Crippen LogP contribution in [-0.4, -0.2) is 16.6 Å². The van der Waals surface area contributed by atoms with Crippen LogP contribution in [0.15, 0.2) is 36.5 Å². The molecule has 0 fully saturated rings. The lowest BCUT2D eigenvalue weighted by molar-refractivity contribution is -0.123. The van der Waals surface area contributed by atoms with Gasteiger partial charge in [-0.1, -0.05) is 18.2 Å². The number of aromatic nitrogens is 1. The zero-order valence-electron chi connectivity index (χ0n) is 9.57. The van der Waals surface area contributed by atoms with Crippen molar-refractivity contribution in [2.24, 2.45) is 0 Å². The molecule has 1 aromatic carbocycles. The standard InChI is InChI=1S/C14H13NO2/c1-10(16)9-12(17)6-5-11-3-2-4-14-13(11)7-8-15-14/h2-8,15H,9H2,1H3/b6-5+. The second kappa shape index (κ2) is 4.78. The number of aromatic amines is 1. The Morgan fingerprint density at radius 2 is 2.12 bits per heavy atom. The van der Waals surface area contributed by atoms with E-state index < -0.39 is 0 Å². The summed E-state index contributed by atoms with van der Waals surface area (Å²) in [7, 11) is 0. The van der Waals surface area contributed by atoms with Gasteiger partial charge in [-0.2, -0.15) is 0 Å². The first-order valence-corrected chi connectivity index (χ1v) is 5.43. The lowest BCUT2D eigenvalue weighted by Gasteiger charge is -1.96. The molecule has 86 valence electrons. The third kappa shape index (κ3) is 2.69. The molecule has 2 aromatic rings. The number of fused-ring (bicyclic) bond motifs is 1. The molecule has 0 radical (unpaired) electrons. The number of carbonyl (C=O) groups excluding carboxylic acids is 2. The number of allylic oxidation sites excluding steroid dienone is 1. The lowest BCUT2D eigenvalue weighted by atomic mass is 10.1. The molecule has 0 saturated carbocycles. The van der Waals surface area contributed by atoms with E-state index in [0.717, 1.165) is 16.5 Å². The first-order valence-electron chi connectivity index (χ1n) is 5.43. The highest BCUT2D eigenvalue weighted by Crippen LogP contribution is 2.18. The molecule has 0 aliphatic carbocycles. The minimum absolute atomic E-state index is 0.0282. The molecule has 0 spiro atoms. The van der Waals surface area contributed by atoms with Crippen LogP contribution in [0.25, 0.3) is 17.0 Å². The van der Waals surface area contributed by atoms with Crippen molar-refractivity contribution in [3.05, 3.63) is 42.1 Å². The summed E-state index contributed by atoms with van der Waals surface area (Å²) in [5.74, 6) is -0.274. The highest BCUT2D eigenvalue weighted by atomic mass is 16.1. The Morgan fingerprint density at radius 3 is 2.88 bits per heavy atom. The Morgan fingerprint density at radius 1 is 1.29 bits per heavy atom. The molecular weight excluding hydrogens is 214 g/mol. The van der Waals surface area contributed by atoms with Crippen LogP contribution in [0.1, 0.15) is 18.9 Å². The molecule has 0 aliphatic heterocycles. The fourth-order valence-electron chi connectivity index (χ4n) is 1.74. The number of rotatable bonds is 4. The van der Waals surface area contributed by atoms with E-state index in [0.29, 0.717) is 0 Å². The normalized spacial score (nSPS) is 11.1. The van der Waals surface area contributed by atoms with Crippen LogP contribution in [0.4, 0.5) is 0 Å². The number of hydrogen-bond donors (Lipinski definition) is 1. The third-order valence-electron chi connectivity index (χ3n) is 2.50. The average molecular weight is 227 g/mol. The van der Waals surface area contributed by atoms with Crippen molar-refractivity contribution < 1.29 is 9.59 Å². The smallest absolute Gasteiger partial charge is 0.163 e. The van der Waals surface area contributed by atoms with Gasteiger partial charge in [0.15, 0.2) is 5.78 Å². The Bertz CT molecular complexity index is 593. The first kappa shape index (κ1) is 11.3. The number of H-pyrrole nitrogens is 1. The summed E-state index contributed by atoms with van der Waals surface area (Å²) < 4.78 is 0. The van der Waals surface area contributed by atoms with Crippen LogP contribution in [0, 0.1) is 0 Å². The van der Waals surface area contributed by atoms with Crippen LogP contribution < -0.4 is 0 Å². The molecule has 3 nitrogen and oxygen atoms in total. The Hall–Kier alpha value is -2.16. The SMILES string of the molecule is CC(=O)CC(=O)/C=C/c1cccc2[nH]ccc12. The van der Waals surface area contributed by atoms with E-state index in [1.54, 1.807) is 6.08 Å². The fourth-order valence-corrected chi connectivity index (χ4v) is 1.74. The molecule has 0 atom stereocenters. The zero-order chi connectivity index (χ0) is 12.3. The molecule has 17 heavy (non-hydrogen) atoms. The Labute approximate surface area is 99.1 Å². The molecule has 2 rings (SSSR count). The van der Waals surface area contributed by atoms with Gasteiger partial charge in [0, 0.05) is 17.1 Å². The maximum Gasteiger partial charge on any atom is 0.163 e. The monoisotopic (exact) mass is 227 g/mol. The topological polar surface area (TPSA) is 49.9 Å². The number of hydrogen-bond acceptors (Lipinski definition) is 2. The van der Waals surface area contributed by atoms with Gasteiger partial charge in [0.05, 0.1) is 6.42 Å². The molecule has 0 aliphatic rings. The average Bonchev–Trinajstić information content (AvgIpc) is 2.73. The van der Waals surface area contributed by atoms with Crippen molar-refractivity contribution >= 4 is 28.5 Å². The summed E-state index contributed by atoms with van der Waals surface area (Å²) >= 11 is 0. The summed E-state index contributed by atoms with van der Waals surface area (Å²) in [5, 5.41) is 1.07. The second-order valence-corrected chi connectivity index (χ2v) is 3.96. The minimum atomic E-state index is -0.162. The van der Waals surface area contributed by atoms with E-state index in [1.807, 2.05) is 30.5 Å². The quantitative estimate of drug-likeness (QED) is 0.645. The molecular formula is C14H13NO2. The van der Waals surface area contributed by atoms with Gasteiger partial charge in [-0.3, -0.25) is 9.59 Å². The molecule has 1 aromatic heterocycles. The number of carbonyl (C=O) groups is 2. The first-order chi connectivity index (χ1) is 8.16. The number of Topliss-reactive ketones (excluding diaryl/α,β-unsaturated/α-hetero) is 1. The van der Waals surface area contributed by atoms with Gasteiger partial charge in [0.2, 0.25) is 0 Å². The van der Waals surface area contributed by atoms with Gasteiger partial charge in [0.25, 0.3) is 0 Å². The van der Waals surface area contributed by atoms with Crippen molar-refractivity contribution in [1.29, 1.82) is 0 Å². The van der Waals surface area contributed by atoms with Gasteiger partial charge < -0.3 is 4.98 Å². The number of nitrogens with one attached hydrogen (secondary N) is 1. The molecule has 0 saturated heterocycles.